The van der Waals surface area contributed by atoms with E-state index in [1.807, 2.05) is 0 Å². The molecule has 1 aliphatic heterocycles. The van der Waals surface area contributed by atoms with Gasteiger partial charge in [0.15, 0.2) is 0 Å². The van der Waals surface area contributed by atoms with Crippen LogP contribution in [0.15, 0.2) is 59.5 Å². The first-order valence-electron chi connectivity index (χ1n) is 10.9. The molecule has 1 heterocycles. The largest absolute Gasteiger partial charge is 0.352 e. The van der Waals surface area contributed by atoms with E-state index in [0.29, 0.717) is 21.2 Å². The van der Waals surface area contributed by atoms with E-state index in [1.54, 1.807) is 50.2 Å². The maximum Gasteiger partial charge on any atom is 0.265 e. The van der Waals surface area contributed by atoms with E-state index < -0.39 is 34.3 Å². The number of amides is 2. The van der Waals surface area contributed by atoms with Crippen molar-refractivity contribution in [3.63, 3.8) is 0 Å². The minimum atomic E-state index is -4.30. The molecule has 0 fully saturated rings. The van der Waals surface area contributed by atoms with Gasteiger partial charge in [-0.25, -0.2) is 8.42 Å². The molecule has 1 unspecified atom stereocenters. The van der Waals surface area contributed by atoms with Gasteiger partial charge < -0.3 is 10.6 Å². The van der Waals surface area contributed by atoms with Crippen LogP contribution in [-0.2, 0) is 26.2 Å². The maximum absolute atomic E-state index is 14.0. The number of rotatable bonds is 6. The number of benzene rings is 3. The third kappa shape index (κ3) is 5.32. The fourth-order valence-corrected chi connectivity index (χ4v) is 6.51. The van der Waals surface area contributed by atoms with Crippen molar-refractivity contribution in [3.8, 4) is 0 Å². The Hall–Kier alpha value is -2.78. The van der Waals surface area contributed by atoms with Gasteiger partial charge >= 0.3 is 0 Å². The van der Waals surface area contributed by atoms with E-state index in [9.17, 15) is 18.0 Å². The second-order valence-corrected chi connectivity index (χ2v) is 11.5. The first kappa shape index (κ1) is 26.3. The minimum Gasteiger partial charge on any atom is -0.352 e. The van der Waals surface area contributed by atoms with Gasteiger partial charge in [0.25, 0.3) is 10.0 Å². The van der Waals surface area contributed by atoms with Crippen LogP contribution in [0.25, 0.3) is 0 Å². The van der Waals surface area contributed by atoms with E-state index in [0.717, 1.165) is 9.87 Å². The van der Waals surface area contributed by atoms with Crippen molar-refractivity contribution in [2.45, 2.75) is 37.8 Å². The van der Waals surface area contributed by atoms with E-state index in [4.69, 9.17) is 34.8 Å². The van der Waals surface area contributed by atoms with E-state index in [-0.39, 0.29) is 27.8 Å². The lowest BCUT2D eigenvalue weighted by molar-refractivity contribution is -0.125. The molecule has 4 rings (SSSR count). The Morgan fingerprint density at radius 2 is 1.72 bits per heavy atom. The molecule has 11 heteroatoms. The number of halogens is 3. The predicted octanol–water partition coefficient (Wildman–Crippen LogP) is 5.49. The number of carbonyl (C=O) groups excluding carboxylic acids is 2. The van der Waals surface area contributed by atoms with Crippen molar-refractivity contribution in [2.75, 3.05) is 9.62 Å². The molecule has 2 N–H and O–H groups in total. The minimum absolute atomic E-state index is 0.0191. The van der Waals surface area contributed by atoms with Crippen LogP contribution in [0, 0.1) is 13.8 Å². The monoisotopic (exact) mass is 565 g/mol. The Kier molecular flexibility index (Phi) is 7.52. The number of fused-ring (bicyclic) bond motifs is 1. The van der Waals surface area contributed by atoms with E-state index >= 15 is 0 Å². The standard InChI is InChI=1S/C25H22Cl3N3O4S/c1-14-9-23(15(2)8-19(14)28)36(34,35)31-21-11-18(27)6-7-20(21)30-25(33)22(31)12-24(32)29-13-16-4-3-5-17(26)10-16/h3-11,22H,12-13H2,1-2H3,(H,29,32)(H,30,33). The van der Waals surface area contributed by atoms with Gasteiger partial charge in [-0.15, -0.1) is 0 Å². The normalized spacial score (nSPS) is 15.3. The van der Waals surface area contributed by atoms with Crippen molar-refractivity contribution >= 4 is 68.0 Å². The lowest BCUT2D eigenvalue weighted by Crippen LogP contribution is -2.52. The molecular formula is C25H22Cl3N3O4S. The van der Waals surface area contributed by atoms with Gasteiger partial charge in [0.1, 0.15) is 6.04 Å². The Labute approximate surface area is 224 Å². The van der Waals surface area contributed by atoms with Crippen LogP contribution in [0.2, 0.25) is 15.1 Å². The number of sulfonamides is 1. The van der Waals surface area contributed by atoms with Gasteiger partial charge in [0.2, 0.25) is 11.8 Å². The second kappa shape index (κ2) is 10.3. The third-order valence-electron chi connectivity index (χ3n) is 5.79. The van der Waals surface area contributed by atoms with Crippen molar-refractivity contribution in [3.05, 3.63) is 86.4 Å². The molecule has 0 bridgehead atoms. The van der Waals surface area contributed by atoms with Crippen LogP contribution >= 0.6 is 34.8 Å². The van der Waals surface area contributed by atoms with Crippen LogP contribution in [0.1, 0.15) is 23.1 Å². The first-order chi connectivity index (χ1) is 17.0. The number of carbonyl (C=O) groups is 2. The number of nitrogens with zero attached hydrogens (tertiary/aromatic N) is 1. The summed E-state index contributed by atoms with van der Waals surface area (Å²) in [5.74, 6) is -1.14. The quantitative estimate of drug-likeness (QED) is 0.413. The van der Waals surface area contributed by atoms with Crippen molar-refractivity contribution in [1.82, 2.24) is 5.32 Å². The SMILES string of the molecule is Cc1cc(S(=O)(=O)N2c3cc(Cl)ccc3NC(=O)C2CC(=O)NCc2cccc(Cl)c2)c(C)cc1Cl. The molecule has 2 amide bonds. The summed E-state index contributed by atoms with van der Waals surface area (Å²) in [7, 11) is -4.30. The molecular weight excluding hydrogens is 545 g/mol. The molecule has 7 nitrogen and oxygen atoms in total. The molecule has 0 aromatic heterocycles. The molecule has 188 valence electrons. The van der Waals surface area contributed by atoms with Gasteiger partial charge in [0.05, 0.1) is 22.7 Å². The number of nitrogens with one attached hydrogen (secondary N) is 2. The molecule has 0 radical (unpaired) electrons. The molecule has 3 aromatic carbocycles. The summed E-state index contributed by atoms with van der Waals surface area (Å²) in [6.45, 7) is 3.47. The summed E-state index contributed by atoms with van der Waals surface area (Å²) >= 11 is 18.4. The van der Waals surface area contributed by atoms with Gasteiger partial charge in [-0.1, -0.05) is 46.9 Å². The Morgan fingerprint density at radius 3 is 2.44 bits per heavy atom. The van der Waals surface area contributed by atoms with Gasteiger partial charge in [-0.05, 0) is 73.0 Å². The highest BCUT2D eigenvalue weighted by atomic mass is 35.5. The van der Waals surface area contributed by atoms with Crippen LogP contribution in [0.4, 0.5) is 11.4 Å². The molecule has 0 saturated carbocycles. The zero-order valence-electron chi connectivity index (χ0n) is 19.3. The summed E-state index contributed by atoms with van der Waals surface area (Å²) in [5, 5.41) is 6.63. The van der Waals surface area contributed by atoms with Gasteiger partial charge in [-0.2, -0.15) is 0 Å². The number of anilines is 2. The zero-order chi connectivity index (χ0) is 26.2. The lowest BCUT2D eigenvalue weighted by atomic mass is 10.1. The summed E-state index contributed by atoms with van der Waals surface area (Å²) in [4.78, 5) is 26.0. The molecule has 0 aliphatic carbocycles. The molecule has 36 heavy (non-hydrogen) atoms. The lowest BCUT2D eigenvalue weighted by Gasteiger charge is -2.37. The van der Waals surface area contributed by atoms with Crippen LogP contribution in [0.5, 0.6) is 0 Å². The van der Waals surface area contributed by atoms with Crippen molar-refractivity contribution < 1.29 is 18.0 Å². The highest BCUT2D eigenvalue weighted by molar-refractivity contribution is 7.93. The Balaban J connectivity index is 1.72. The highest BCUT2D eigenvalue weighted by Crippen LogP contribution is 2.40. The number of hydrogen-bond donors (Lipinski definition) is 2. The molecule has 0 spiro atoms. The average molecular weight is 567 g/mol. The van der Waals surface area contributed by atoms with E-state index in [1.165, 1.54) is 18.2 Å². The molecule has 1 aliphatic rings. The van der Waals surface area contributed by atoms with Crippen LogP contribution < -0.4 is 14.9 Å². The zero-order valence-corrected chi connectivity index (χ0v) is 22.4. The van der Waals surface area contributed by atoms with Crippen molar-refractivity contribution in [2.24, 2.45) is 0 Å². The molecule has 1 atom stereocenters. The van der Waals surface area contributed by atoms with Gasteiger partial charge in [-0.3, -0.25) is 13.9 Å². The Morgan fingerprint density at radius 1 is 1.00 bits per heavy atom. The average Bonchev–Trinajstić information content (AvgIpc) is 2.80. The Bertz CT molecular complexity index is 1480. The summed E-state index contributed by atoms with van der Waals surface area (Å²) < 4.78 is 29.0. The summed E-state index contributed by atoms with van der Waals surface area (Å²) in [6, 6.07) is 13.1. The van der Waals surface area contributed by atoms with Crippen molar-refractivity contribution in [1.29, 1.82) is 0 Å². The van der Waals surface area contributed by atoms with Crippen LogP contribution in [-0.4, -0.2) is 26.3 Å². The fourth-order valence-electron chi connectivity index (χ4n) is 3.99. The third-order valence-corrected chi connectivity index (χ3v) is 8.63. The molecule has 3 aromatic rings. The second-order valence-electron chi connectivity index (χ2n) is 8.45. The summed E-state index contributed by atoms with van der Waals surface area (Å²) in [5.41, 5.74) is 2.17. The van der Waals surface area contributed by atoms with Gasteiger partial charge in [0, 0.05) is 21.6 Å². The topological polar surface area (TPSA) is 95.6 Å². The smallest absolute Gasteiger partial charge is 0.265 e. The predicted molar refractivity (Wildman–Crippen MR) is 142 cm³/mol. The molecule has 0 saturated heterocycles. The maximum atomic E-state index is 14.0. The first-order valence-corrected chi connectivity index (χ1v) is 13.5. The fraction of sp³-hybridized carbons (Fsp3) is 0.200. The summed E-state index contributed by atoms with van der Waals surface area (Å²) in [6.07, 6.45) is -0.413. The highest BCUT2D eigenvalue weighted by Gasteiger charge is 2.42. The van der Waals surface area contributed by atoms with E-state index in [2.05, 4.69) is 10.6 Å². The number of hydrogen-bond acceptors (Lipinski definition) is 4. The number of aryl methyl sites for hydroxylation is 2. The van der Waals surface area contributed by atoms with Crippen LogP contribution in [0.3, 0.4) is 0 Å².